The van der Waals surface area contributed by atoms with E-state index in [4.69, 9.17) is 0 Å². The molecule has 0 saturated carbocycles. The van der Waals surface area contributed by atoms with Crippen LogP contribution in [0.1, 0.15) is 26.2 Å². The highest BCUT2D eigenvalue weighted by atomic mass is 16.1. The second-order valence-electron chi connectivity index (χ2n) is 4.42. The van der Waals surface area contributed by atoms with Gasteiger partial charge in [-0.05, 0) is 24.5 Å². The molecule has 2 aliphatic rings. The van der Waals surface area contributed by atoms with Gasteiger partial charge in [0.15, 0.2) is 0 Å². The van der Waals surface area contributed by atoms with Crippen molar-refractivity contribution in [3.8, 4) is 0 Å². The van der Waals surface area contributed by atoms with Crippen LogP contribution in [-0.2, 0) is 4.79 Å². The lowest BCUT2D eigenvalue weighted by atomic mass is 9.88. The average molecular weight is 230 g/mol. The molecule has 1 heterocycles. The first kappa shape index (κ1) is 11.8. The smallest absolute Gasteiger partial charge is 0.212 e. The molecule has 1 amide bonds. The summed E-state index contributed by atoms with van der Waals surface area (Å²) in [5.74, 6) is 1.14. The number of rotatable bonds is 4. The van der Waals surface area contributed by atoms with E-state index in [1.165, 1.54) is 17.6 Å². The lowest BCUT2D eigenvalue weighted by Crippen LogP contribution is -2.17. The molecule has 1 atom stereocenters. The number of aliphatic imine (C=N–C) groups is 1. The van der Waals surface area contributed by atoms with Gasteiger partial charge in [0.05, 0.1) is 6.54 Å². The number of allylic oxidation sites excluding steroid dienone is 4. The molecule has 0 fully saturated rings. The first-order valence-corrected chi connectivity index (χ1v) is 6.15. The van der Waals surface area contributed by atoms with Gasteiger partial charge in [0.25, 0.3) is 0 Å². The number of carbonyl (C=O) groups excluding carboxylic acids is 1. The van der Waals surface area contributed by atoms with Crippen LogP contribution in [0, 0.1) is 5.92 Å². The maximum absolute atomic E-state index is 10.3. The monoisotopic (exact) mass is 230 g/mol. The summed E-state index contributed by atoms with van der Waals surface area (Å²) in [6, 6.07) is 0. The van der Waals surface area contributed by atoms with Crippen molar-refractivity contribution in [3.05, 3.63) is 35.5 Å². The van der Waals surface area contributed by atoms with Crippen molar-refractivity contribution < 1.29 is 4.79 Å². The normalized spacial score (nSPS) is 22.9. The lowest BCUT2D eigenvalue weighted by Gasteiger charge is -2.17. The van der Waals surface area contributed by atoms with Crippen molar-refractivity contribution in [1.82, 2.24) is 5.32 Å². The van der Waals surface area contributed by atoms with Gasteiger partial charge in [-0.2, -0.15) is 0 Å². The predicted molar refractivity (Wildman–Crippen MR) is 69.8 cm³/mol. The van der Waals surface area contributed by atoms with E-state index in [0.717, 1.165) is 12.8 Å². The minimum absolute atomic E-state index is 0.455. The Morgan fingerprint density at radius 3 is 3.24 bits per heavy atom. The first-order chi connectivity index (χ1) is 8.33. The molecule has 0 radical (unpaired) electrons. The predicted octanol–water partition coefficient (Wildman–Crippen LogP) is 2.37. The largest absolute Gasteiger partial charge is 0.314 e. The summed E-state index contributed by atoms with van der Waals surface area (Å²) < 4.78 is 0. The van der Waals surface area contributed by atoms with Gasteiger partial charge >= 0.3 is 0 Å². The molecule has 1 unspecified atom stereocenters. The van der Waals surface area contributed by atoms with Gasteiger partial charge in [-0.1, -0.05) is 37.1 Å². The molecule has 0 bridgehead atoms. The maximum Gasteiger partial charge on any atom is 0.212 e. The molecular formula is C14H18N2O. The number of hydrogen-bond donors (Lipinski definition) is 1. The van der Waals surface area contributed by atoms with Crippen LogP contribution >= 0.6 is 0 Å². The zero-order valence-electron chi connectivity index (χ0n) is 10.1. The van der Waals surface area contributed by atoms with Crippen molar-refractivity contribution >= 4 is 12.2 Å². The Labute approximate surface area is 102 Å². The van der Waals surface area contributed by atoms with Crippen LogP contribution in [0.25, 0.3) is 0 Å². The molecule has 0 aromatic heterocycles. The van der Waals surface area contributed by atoms with E-state index in [1.54, 1.807) is 0 Å². The summed E-state index contributed by atoms with van der Waals surface area (Å²) in [6.45, 7) is 2.91. The summed E-state index contributed by atoms with van der Waals surface area (Å²) >= 11 is 0. The summed E-state index contributed by atoms with van der Waals surface area (Å²) in [7, 11) is 0. The number of nitrogens with zero attached hydrogens (tertiary/aromatic N) is 1. The molecule has 2 rings (SSSR count). The minimum atomic E-state index is 0.455. The van der Waals surface area contributed by atoms with Gasteiger partial charge in [-0.25, -0.2) is 0 Å². The van der Waals surface area contributed by atoms with Gasteiger partial charge in [0, 0.05) is 5.92 Å². The Bertz CT molecular complexity index is 416. The second-order valence-corrected chi connectivity index (χ2v) is 4.42. The molecule has 0 spiro atoms. The number of amides is 1. The van der Waals surface area contributed by atoms with Crippen molar-refractivity contribution in [3.63, 3.8) is 0 Å². The van der Waals surface area contributed by atoms with E-state index >= 15 is 0 Å². The molecule has 1 aliphatic heterocycles. The lowest BCUT2D eigenvalue weighted by molar-refractivity contribution is -0.108. The van der Waals surface area contributed by atoms with Gasteiger partial charge < -0.3 is 5.32 Å². The third kappa shape index (κ3) is 2.93. The summed E-state index contributed by atoms with van der Waals surface area (Å²) in [5.41, 5.74) is 2.72. The van der Waals surface area contributed by atoms with E-state index in [0.29, 0.717) is 24.7 Å². The molecule has 1 N–H and O–H groups in total. The number of nitrogens with one attached hydrogen (secondary N) is 1. The van der Waals surface area contributed by atoms with Crippen LogP contribution in [0.4, 0.5) is 0 Å². The summed E-state index contributed by atoms with van der Waals surface area (Å²) in [4.78, 5) is 14.6. The van der Waals surface area contributed by atoms with Crippen molar-refractivity contribution in [2.75, 3.05) is 6.54 Å². The van der Waals surface area contributed by atoms with Gasteiger partial charge in [0.2, 0.25) is 6.41 Å². The highest BCUT2D eigenvalue weighted by Crippen LogP contribution is 2.27. The maximum atomic E-state index is 10.3. The Morgan fingerprint density at radius 1 is 1.59 bits per heavy atom. The fraction of sp³-hybridized carbons (Fsp3) is 0.429. The number of amidine groups is 1. The summed E-state index contributed by atoms with van der Waals surface area (Å²) in [5, 5.41) is 2.60. The fourth-order valence-corrected chi connectivity index (χ4v) is 2.28. The standard InChI is InChI=1S/C14H18N2O/c1-2-4-11-5-3-6-12(7-11)13-8-14(15-9-13)16-10-17/h3,5,7-8,10,12H,2,4,6,9H2,1H3,(H,15,16,17). The highest BCUT2D eigenvalue weighted by molar-refractivity contribution is 6.01. The first-order valence-electron chi connectivity index (χ1n) is 6.15. The third-order valence-electron chi connectivity index (χ3n) is 3.11. The minimum Gasteiger partial charge on any atom is -0.314 e. The van der Waals surface area contributed by atoms with E-state index in [9.17, 15) is 4.79 Å². The average Bonchev–Trinajstić information content (AvgIpc) is 2.79. The van der Waals surface area contributed by atoms with E-state index in [2.05, 4.69) is 35.5 Å². The van der Waals surface area contributed by atoms with E-state index in [1.807, 2.05) is 6.08 Å². The Morgan fingerprint density at radius 2 is 2.47 bits per heavy atom. The Balaban J connectivity index is 2.03. The molecule has 3 heteroatoms. The molecule has 90 valence electrons. The zero-order chi connectivity index (χ0) is 12.1. The highest BCUT2D eigenvalue weighted by Gasteiger charge is 2.17. The molecular weight excluding hydrogens is 212 g/mol. The molecule has 3 nitrogen and oxygen atoms in total. The Kier molecular flexibility index (Phi) is 3.91. The number of hydrogen-bond acceptors (Lipinski definition) is 2. The zero-order valence-corrected chi connectivity index (χ0v) is 10.1. The van der Waals surface area contributed by atoms with Gasteiger partial charge in [-0.3, -0.25) is 9.79 Å². The molecule has 0 aromatic carbocycles. The molecule has 1 aliphatic carbocycles. The van der Waals surface area contributed by atoms with Crippen molar-refractivity contribution in [1.29, 1.82) is 0 Å². The fourth-order valence-electron chi connectivity index (χ4n) is 2.28. The molecule has 0 aromatic rings. The van der Waals surface area contributed by atoms with Gasteiger partial charge in [0.1, 0.15) is 5.84 Å². The van der Waals surface area contributed by atoms with Crippen LogP contribution in [-0.4, -0.2) is 18.8 Å². The van der Waals surface area contributed by atoms with Crippen LogP contribution < -0.4 is 5.32 Å². The number of carbonyl (C=O) groups is 1. The quantitative estimate of drug-likeness (QED) is 0.740. The van der Waals surface area contributed by atoms with Crippen LogP contribution in [0.3, 0.4) is 0 Å². The molecule has 0 saturated heterocycles. The van der Waals surface area contributed by atoms with Crippen LogP contribution in [0.5, 0.6) is 0 Å². The molecule has 17 heavy (non-hydrogen) atoms. The topological polar surface area (TPSA) is 41.5 Å². The SMILES string of the molecule is CCCC1=CC(C2=CC(NC=O)=NC2)CC=C1. The second kappa shape index (κ2) is 5.62. The van der Waals surface area contributed by atoms with Crippen molar-refractivity contribution in [2.45, 2.75) is 26.2 Å². The summed E-state index contributed by atoms with van der Waals surface area (Å²) in [6.07, 6.45) is 12.8. The van der Waals surface area contributed by atoms with Crippen molar-refractivity contribution in [2.24, 2.45) is 10.9 Å². The van der Waals surface area contributed by atoms with E-state index < -0.39 is 0 Å². The third-order valence-corrected chi connectivity index (χ3v) is 3.11. The van der Waals surface area contributed by atoms with E-state index in [-0.39, 0.29) is 0 Å². The van der Waals surface area contributed by atoms with Gasteiger partial charge in [-0.15, -0.1) is 0 Å². The van der Waals surface area contributed by atoms with Crippen LogP contribution in [0.15, 0.2) is 40.4 Å². The Hall–Kier alpha value is -1.64. The van der Waals surface area contributed by atoms with Crippen LogP contribution in [0.2, 0.25) is 0 Å².